The summed E-state index contributed by atoms with van der Waals surface area (Å²) in [6.45, 7) is 1.94. The fourth-order valence-corrected chi connectivity index (χ4v) is 3.08. The second-order valence-corrected chi connectivity index (χ2v) is 6.43. The fraction of sp³-hybridized carbons (Fsp3) is 0.217. The maximum atomic E-state index is 14.7. The van der Waals surface area contributed by atoms with Crippen molar-refractivity contribution in [1.82, 2.24) is 4.90 Å². The lowest BCUT2D eigenvalue weighted by Gasteiger charge is -2.24. The molecule has 128 valence electrons. The average molecular weight is 333 g/mol. The Balaban J connectivity index is 1.66. The predicted molar refractivity (Wildman–Crippen MR) is 102 cm³/mol. The van der Waals surface area contributed by atoms with Crippen LogP contribution in [0.4, 0.5) is 4.39 Å². The number of rotatable bonds is 8. The van der Waals surface area contributed by atoms with Gasteiger partial charge < -0.3 is 0 Å². The van der Waals surface area contributed by atoms with Gasteiger partial charge in [0.25, 0.3) is 0 Å². The van der Waals surface area contributed by atoms with Gasteiger partial charge in [-0.1, -0.05) is 91.0 Å². The highest BCUT2D eigenvalue weighted by atomic mass is 19.1. The molecule has 3 rings (SSSR count). The van der Waals surface area contributed by atoms with Crippen molar-refractivity contribution >= 4 is 0 Å². The number of benzene rings is 3. The summed E-state index contributed by atoms with van der Waals surface area (Å²) in [4.78, 5) is 2.19. The van der Waals surface area contributed by atoms with Gasteiger partial charge in [-0.05, 0) is 16.7 Å². The molecule has 0 saturated carbocycles. The largest absolute Gasteiger partial charge is 0.292 e. The zero-order valence-electron chi connectivity index (χ0n) is 14.4. The van der Waals surface area contributed by atoms with Crippen LogP contribution in [0.25, 0.3) is 0 Å². The van der Waals surface area contributed by atoms with Crippen LogP contribution in [0, 0.1) is 0 Å². The molecule has 0 fully saturated rings. The third-order valence-corrected chi connectivity index (χ3v) is 4.25. The van der Waals surface area contributed by atoms with Crippen molar-refractivity contribution in [3.05, 3.63) is 108 Å². The number of halogens is 1. The first-order valence-corrected chi connectivity index (χ1v) is 8.78. The third-order valence-electron chi connectivity index (χ3n) is 4.25. The van der Waals surface area contributed by atoms with Gasteiger partial charge in [-0.25, -0.2) is 4.39 Å². The van der Waals surface area contributed by atoms with E-state index in [0.29, 0.717) is 13.0 Å². The molecule has 0 aromatic heterocycles. The quantitative estimate of drug-likeness (QED) is 0.543. The summed E-state index contributed by atoms with van der Waals surface area (Å²) in [5.74, 6) is 0. The lowest BCUT2D eigenvalue weighted by molar-refractivity contribution is 0.177. The molecule has 1 nitrogen and oxygen atoms in total. The van der Waals surface area contributed by atoms with Crippen molar-refractivity contribution in [3.63, 3.8) is 0 Å². The maximum Gasteiger partial charge on any atom is 0.117 e. The molecule has 0 amide bonds. The highest BCUT2D eigenvalue weighted by Gasteiger charge is 2.15. The Morgan fingerprint density at radius 2 is 1.00 bits per heavy atom. The van der Waals surface area contributed by atoms with Crippen LogP contribution in [-0.4, -0.2) is 17.6 Å². The SMILES string of the molecule is F[C@@H](Cc1ccccc1)CN(Cc1ccccc1)Cc1ccccc1. The standard InChI is InChI=1S/C23H24FN/c24-23(16-20-10-4-1-5-11-20)19-25(17-21-12-6-2-7-13-21)18-22-14-8-3-9-15-22/h1-15,23H,16-19H2/t23-/m0/s1. The first-order valence-electron chi connectivity index (χ1n) is 8.78. The van der Waals surface area contributed by atoms with E-state index in [9.17, 15) is 4.39 Å². The van der Waals surface area contributed by atoms with Crippen molar-refractivity contribution in [3.8, 4) is 0 Å². The van der Waals surface area contributed by atoms with Crippen LogP contribution in [0.2, 0.25) is 0 Å². The highest BCUT2D eigenvalue weighted by Crippen LogP contribution is 2.14. The number of alkyl halides is 1. The van der Waals surface area contributed by atoms with Crippen LogP contribution >= 0.6 is 0 Å². The summed E-state index contributed by atoms with van der Waals surface area (Å²) in [5.41, 5.74) is 3.48. The Labute approximate surface area is 149 Å². The van der Waals surface area contributed by atoms with Crippen molar-refractivity contribution in [2.75, 3.05) is 6.54 Å². The lowest BCUT2D eigenvalue weighted by Crippen LogP contribution is -2.30. The molecule has 0 aliphatic heterocycles. The summed E-state index contributed by atoms with van der Waals surface area (Å²) in [6, 6.07) is 30.4. The van der Waals surface area contributed by atoms with Crippen LogP contribution in [0.15, 0.2) is 91.0 Å². The zero-order valence-corrected chi connectivity index (χ0v) is 14.4. The first kappa shape index (κ1) is 17.4. The Hall–Kier alpha value is -2.45. The summed E-state index contributed by atoms with van der Waals surface area (Å²) < 4.78 is 14.7. The molecule has 0 aliphatic rings. The Kier molecular flexibility index (Phi) is 6.35. The minimum atomic E-state index is -0.880. The molecule has 0 aliphatic carbocycles. The van der Waals surface area contributed by atoms with Gasteiger partial charge in [0.2, 0.25) is 0 Å². The molecule has 1 atom stereocenters. The highest BCUT2D eigenvalue weighted by molar-refractivity contribution is 5.18. The van der Waals surface area contributed by atoms with Crippen molar-refractivity contribution < 1.29 is 4.39 Å². The van der Waals surface area contributed by atoms with E-state index >= 15 is 0 Å². The molecule has 0 radical (unpaired) electrons. The molecule has 0 unspecified atom stereocenters. The second-order valence-electron chi connectivity index (χ2n) is 6.43. The summed E-state index contributed by atoms with van der Waals surface area (Å²) in [7, 11) is 0. The Bertz CT molecular complexity index is 686. The smallest absolute Gasteiger partial charge is 0.117 e. The maximum absolute atomic E-state index is 14.7. The van der Waals surface area contributed by atoms with Crippen molar-refractivity contribution in [1.29, 1.82) is 0 Å². The first-order chi connectivity index (χ1) is 12.3. The fourth-order valence-electron chi connectivity index (χ4n) is 3.08. The normalized spacial score (nSPS) is 12.2. The van der Waals surface area contributed by atoms with E-state index in [2.05, 4.69) is 29.2 Å². The zero-order chi connectivity index (χ0) is 17.3. The van der Waals surface area contributed by atoms with Gasteiger partial charge in [0.15, 0.2) is 0 Å². The average Bonchev–Trinajstić information content (AvgIpc) is 2.64. The van der Waals surface area contributed by atoms with Crippen molar-refractivity contribution in [2.45, 2.75) is 25.7 Å². The summed E-state index contributed by atoms with van der Waals surface area (Å²) in [6.07, 6.45) is -0.421. The number of hydrogen-bond donors (Lipinski definition) is 0. The molecule has 0 N–H and O–H groups in total. The van der Waals surface area contributed by atoms with Crippen LogP contribution in [0.3, 0.4) is 0 Å². The summed E-state index contributed by atoms with van der Waals surface area (Å²) in [5, 5.41) is 0. The minimum absolute atomic E-state index is 0.429. The van der Waals surface area contributed by atoms with Crippen LogP contribution in [-0.2, 0) is 19.5 Å². The van der Waals surface area contributed by atoms with E-state index in [4.69, 9.17) is 0 Å². The van der Waals surface area contributed by atoms with E-state index in [1.54, 1.807) is 0 Å². The monoisotopic (exact) mass is 333 g/mol. The lowest BCUT2D eigenvalue weighted by atomic mass is 10.1. The topological polar surface area (TPSA) is 3.24 Å². The van der Waals surface area contributed by atoms with Crippen LogP contribution < -0.4 is 0 Å². The van der Waals surface area contributed by atoms with E-state index in [0.717, 1.165) is 18.7 Å². The van der Waals surface area contributed by atoms with Gasteiger partial charge in [-0.3, -0.25) is 4.90 Å². The van der Waals surface area contributed by atoms with Gasteiger partial charge in [0.1, 0.15) is 6.17 Å². The van der Waals surface area contributed by atoms with Gasteiger partial charge >= 0.3 is 0 Å². The molecular formula is C23H24FN. The molecular weight excluding hydrogens is 309 g/mol. The Morgan fingerprint density at radius 1 is 0.600 bits per heavy atom. The second kappa shape index (κ2) is 9.14. The molecule has 25 heavy (non-hydrogen) atoms. The molecule has 0 spiro atoms. The van der Waals surface area contributed by atoms with Gasteiger partial charge in [0, 0.05) is 26.1 Å². The summed E-state index contributed by atoms with van der Waals surface area (Å²) >= 11 is 0. The predicted octanol–water partition coefficient (Wildman–Crippen LogP) is 5.27. The molecule has 0 bridgehead atoms. The van der Waals surface area contributed by atoms with Crippen LogP contribution in [0.5, 0.6) is 0 Å². The van der Waals surface area contributed by atoms with E-state index in [1.165, 1.54) is 11.1 Å². The minimum Gasteiger partial charge on any atom is -0.292 e. The molecule has 3 aromatic carbocycles. The van der Waals surface area contributed by atoms with Crippen molar-refractivity contribution in [2.24, 2.45) is 0 Å². The molecule has 2 heteroatoms. The van der Waals surface area contributed by atoms with E-state index in [1.807, 2.05) is 66.7 Å². The van der Waals surface area contributed by atoms with Gasteiger partial charge in [0.05, 0.1) is 0 Å². The van der Waals surface area contributed by atoms with Gasteiger partial charge in [-0.15, -0.1) is 0 Å². The molecule has 0 saturated heterocycles. The number of hydrogen-bond acceptors (Lipinski definition) is 1. The third kappa shape index (κ3) is 5.84. The van der Waals surface area contributed by atoms with E-state index < -0.39 is 6.17 Å². The Morgan fingerprint density at radius 3 is 1.44 bits per heavy atom. The molecule has 0 heterocycles. The van der Waals surface area contributed by atoms with Crippen LogP contribution in [0.1, 0.15) is 16.7 Å². The molecule has 3 aromatic rings. The number of nitrogens with zero attached hydrogens (tertiary/aromatic N) is 1. The van der Waals surface area contributed by atoms with E-state index in [-0.39, 0.29) is 0 Å². The van der Waals surface area contributed by atoms with Gasteiger partial charge in [-0.2, -0.15) is 0 Å².